The van der Waals surface area contributed by atoms with Crippen LogP contribution in [0.5, 0.6) is 0 Å². The van der Waals surface area contributed by atoms with E-state index in [1.807, 2.05) is 24.3 Å². The average molecular weight is 419 g/mol. The minimum absolute atomic E-state index is 0.00182. The maximum absolute atomic E-state index is 12.9. The molecule has 0 bridgehead atoms. The van der Waals surface area contributed by atoms with E-state index in [1.54, 1.807) is 9.80 Å². The molecule has 2 aromatic carbocycles. The second-order valence-corrected chi connectivity index (χ2v) is 9.38. The van der Waals surface area contributed by atoms with E-state index in [0.29, 0.717) is 44.6 Å². The minimum Gasteiger partial charge on any atom is -0.380 e. The van der Waals surface area contributed by atoms with Gasteiger partial charge in [0.1, 0.15) is 5.60 Å². The second-order valence-electron chi connectivity index (χ2n) is 9.38. The van der Waals surface area contributed by atoms with Gasteiger partial charge in [0, 0.05) is 31.7 Å². The van der Waals surface area contributed by atoms with Crippen molar-refractivity contribution >= 4 is 11.8 Å². The number of carbonyl (C=O) groups is 2. The first-order valence-electron chi connectivity index (χ1n) is 11.5. The fraction of sp³-hybridized carbons (Fsp3) is 0.462. The number of hydrogen-bond acceptors (Lipinski definition) is 3. The Labute approximate surface area is 183 Å². The Bertz CT molecular complexity index is 968. The number of carbonyl (C=O) groups excluding carboxylic acids is 2. The molecule has 0 spiro atoms. The summed E-state index contributed by atoms with van der Waals surface area (Å²) in [5.41, 5.74) is 3.24. The van der Waals surface area contributed by atoms with Crippen LogP contribution in [0.2, 0.25) is 0 Å². The molecule has 5 nitrogen and oxygen atoms in total. The SMILES string of the molecule is O=C(c1ccc(-c2cccc(CCC3CC3)c2)cc1)N1CCN(C(=O)C2(O)CC2)CC1. The molecule has 0 radical (unpaired) electrons. The standard InChI is InChI=1S/C26H30N2O3/c29-24(27-14-16-28(17-15-27)25(30)26(31)12-13-26)22-10-8-21(9-11-22)23-3-1-2-20(18-23)7-6-19-4-5-19/h1-3,8-11,18-19,31H,4-7,12-17H2. The summed E-state index contributed by atoms with van der Waals surface area (Å²) in [6.45, 7) is 1.98. The Morgan fingerprint density at radius 3 is 2.23 bits per heavy atom. The number of nitrogens with zero attached hydrogens (tertiary/aromatic N) is 2. The van der Waals surface area contributed by atoms with Gasteiger partial charge in [-0.2, -0.15) is 0 Å². The molecular weight excluding hydrogens is 388 g/mol. The van der Waals surface area contributed by atoms with Crippen molar-refractivity contribution in [2.75, 3.05) is 26.2 Å². The van der Waals surface area contributed by atoms with Crippen LogP contribution in [0.25, 0.3) is 11.1 Å². The fourth-order valence-electron chi connectivity index (χ4n) is 4.41. The van der Waals surface area contributed by atoms with Crippen LogP contribution in [0.1, 0.15) is 48.0 Å². The number of benzene rings is 2. The third-order valence-corrected chi connectivity index (χ3v) is 6.91. The number of rotatable bonds is 6. The molecule has 1 aliphatic heterocycles. The molecule has 2 aromatic rings. The molecule has 0 unspecified atom stereocenters. The van der Waals surface area contributed by atoms with Crippen LogP contribution in [0, 0.1) is 5.92 Å². The van der Waals surface area contributed by atoms with Crippen molar-refractivity contribution in [2.45, 2.75) is 44.1 Å². The van der Waals surface area contributed by atoms with E-state index < -0.39 is 5.60 Å². The Hall–Kier alpha value is -2.66. The van der Waals surface area contributed by atoms with Crippen LogP contribution in [0.4, 0.5) is 0 Å². The van der Waals surface area contributed by atoms with Gasteiger partial charge in [-0.15, -0.1) is 0 Å². The summed E-state index contributed by atoms with van der Waals surface area (Å²) < 4.78 is 0. The Morgan fingerprint density at radius 1 is 0.903 bits per heavy atom. The van der Waals surface area contributed by atoms with E-state index in [9.17, 15) is 14.7 Å². The van der Waals surface area contributed by atoms with E-state index in [4.69, 9.17) is 0 Å². The van der Waals surface area contributed by atoms with E-state index in [2.05, 4.69) is 24.3 Å². The highest BCUT2D eigenvalue weighted by molar-refractivity contribution is 5.95. The number of aryl methyl sites for hydroxylation is 1. The molecule has 5 rings (SSSR count). The van der Waals surface area contributed by atoms with Crippen LogP contribution in [-0.2, 0) is 11.2 Å². The van der Waals surface area contributed by atoms with Crippen LogP contribution in [0.15, 0.2) is 48.5 Å². The molecule has 2 amide bonds. The summed E-state index contributed by atoms with van der Waals surface area (Å²) in [7, 11) is 0. The molecule has 31 heavy (non-hydrogen) atoms. The first kappa shape index (κ1) is 20.3. The maximum atomic E-state index is 12.9. The van der Waals surface area contributed by atoms with Crippen molar-refractivity contribution in [2.24, 2.45) is 5.92 Å². The largest absolute Gasteiger partial charge is 0.380 e. The zero-order valence-corrected chi connectivity index (χ0v) is 17.9. The number of hydrogen-bond donors (Lipinski definition) is 1. The Kier molecular flexibility index (Phi) is 5.30. The summed E-state index contributed by atoms with van der Waals surface area (Å²) in [5.74, 6) is 0.762. The van der Waals surface area contributed by atoms with Gasteiger partial charge in [0.25, 0.3) is 11.8 Å². The predicted molar refractivity (Wildman–Crippen MR) is 120 cm³/mol. The van der Waals surface area contributed by atoms with Crippen molar-refractivity contribution in [3.8, 4) is 11.1 Å². The van der Waals surface area contributed by atoms with Crippen molar-refractivity contribution < 1.29 is 14.7 Å². The van der Waals surface area contributed by atoms with Gasteiger partial charge in [0.05, 0.1) is 0 Å². The molecule has 3 fully saturated rings. The van der Waals surface area contributed by atoms with Crippen molar-refractivity contribution in [1.29, 1.82) is 0 Å². The molecule has 0 aromatic heterocycles. The molecule has 2 saturated carbocycles. The van der Waals surface area contributed by atoms with E-state index in [0.717, 1.165) is 17.9 Å². The van der Waals surface area contributed by atoms with E-state index in [-0.39, 0.29) is 11.8 Å². The quantitative estimate of drug-likeness (QED) is 0.781. The van der Waals surface area contributed by atoms with Gasteiger partial charge < -0.3 is 14.9 Å². The van der Waals surface area contributed by atoms with Crippen LogP contribution < -0.4 is 0 Å². The van der Waals surface area contributed by atoms with E-state index >= 15 is 0 Å². The topological polar surface area (TPSA) is 60.9 Å². The lowest BCUT2D eigenvalue weighted by atomic mass is 9.99. The van der Waals surface area contributed by atoms with Gasteiger partial charge in [0.15, 0.2) is 0 Å². The van der Waals surface area contributed by atoms with Crippen LogP contribution in [-0.4, -0.2) is 58.5 Å². The normalized spacial score (nSPS) is 19.9. The highest BCUT2D eigenvalue weighted by atomic mass is 16.3. The van der Waals surface area contributed by atoms with Crippen LogP contribution >= 0.6 is 0 Å². The fourth-order valence-corrected chi connectivity index (χ4v) is 4.41. The summed E-state index contributed by atoms with van der Waals surface area (Å²) in [6.07, 6.45) is 6.32. The van der Waals surface area contributed by atoms with Crippen molar-refractivity contribution in [1.82, 2.24) is 9.80 Å². The highest BCUT2D eigenvalue weighted by Crippen LogP contribution is 2.37. The van der Waals surface area contributed by atoms with Gasteiger partial charge in [-0.3, -0.25) is 9.59 Å². The van der Waals surface area contributed by atoms with Gasteiger partial charge in [-0.1, -0.05) is 49.2 Å². The zero-order valence-electron chi connectivity index (χ0n) is 17.9. The number of amides is 2. The third kappa shape index (κ3) is 4.52. The lowest BCUT2D eigenvalue weighted by Gasteiger charge is -2.35. The predicted octanol–water partition coefficient (Wildman–Crippen LogP) is 3.51. The van der Waals surface area contributed by atoms with Crippen molar-refractivity contribution in [3.63, 3.8) is 0 Å². The first-order chi connectivity index (χ1) is 15.0. The number of piperazine rings is 1. The number of aliphatic hydroxyl groups is 1. The smallest absolute Gasteiger partial charge is 0.254 e. The monoisotopic (exact) mass is 418 g/mol. The molecule has 2 aliphatic carbocycles. The van der Waals surface area contributed by atoms with E-state index in [1.165, 1.54) is 30.4 Å². The summed E-state index contributed by atoms with van der Waals surface area (Å²) in [4.78, 5) is 28.7. The Morgan fingerprint density at radius 2 is 1.58 bits per heavy atom. The maximum Gasteiger partial charge on any atom is 0.254 e. The molecule has 5 heteroatoms. The third-order valence-electron chi connectivity index (χ3n) is 6.91. The molecule has 1 N–H and O–H groups in total. The lowest BCUT2D eigenvalue weighted by molar-refractivity contribution is -0.143. The first-order valence-corrected chi connectivity index (χ1v) is 11.5. The molecular formula is C26H30N2O3. The summed E-state index contributed by atoms with van der Waals surface area (Å²) in [5, 5.41) is 10.0. The lowest BCUT2D eigenvalue weighted by Crippen LogP contribution is -2.53. The van der Waals surface area contributed by atoms with Gasteiger partial charge in [-0.25, -0.2) is 0 Å². The minimum atomic E-state index is -1.13. The average Bonchev–Trinajstić information content (AvgIpc) is 3.75. The van der Waals surface area contributed by atoms with Gasteiger partial charge in [-0.05, 0) is 60.4 Å². The molecule has 0 atom stereocenters. The summed E-state index contributed by atoms with van der Waals surface area (Å²) in [6, 6.07) is 16.6. The molecule has 3 aliphatic rings. The zero-order chi connectivity index (χ0) is 21.4. The van der Waals surface area contributed by atoms with Gasteiger partial charge >= 0.3 is 0 Å². The van der Waals surface area contributed by atoms with Gasteiger partial charge in [0.2, 0.25) is 0 Å². The summed E-state index contributed by atoms with van der Waals surface area (Å²) >= 11 is 0. The Balaban J connectivity index is 1.19. The molecule has 162 valence electrons. The molecule has 1 heterocycles. The molecule has 1 saturated heterocycles. The second kappa shape index (κ2) is 8.12. The van der Waals surface area contributed by atoms with Crippen molar-refractivity contribution in [3.05, 3.63) is 59.7 Å². The highest BCUT2D eigenvalue weighted by Gasteiger charge is 2.50. The van der Waals surface area contributed by atoms with Crippen LogP contribution in [0.3, 0.4) is 0 Å².